The van der Waals surface area contributed by atoms with Crippen LogP contribution in [0.25, 0.3) is 0 Å². The number of carbonyl (C=O) groups is 1. The molecule has 2 N–H and O–H groups in total. The average Bonchev–Trinajstić information content (AvgIpc) is 3.30. The van der Waals surface area contributed by atoms with E-state index in [1.54, 1.807) is 0 Å². The molecule has 2 aromatic carbocycles. The molecular formula is C25H30ClNO3. The van der Waals surface area contributed by atoms with Crippen molar-refractivity contribution in [1.82, 2.24) is 5.32 Å². The Morgan fingerprint density at radius 3 is 2.33 bits per heavy atom. The molecule has 1 saturated heterocycles. The summed E-state index contributed by atoms with van der Waals surface area (Å²) in [5.74, 6) is 0.0488. The van der Waals surface area contributed by atoms with Gasteiger partial charge < -0.3 is 15.2 Å². The molecule has 1 aliphatic heterocycles. The molecule has 0 radical (unpaired) electrons. The Bertz CT molecular complexity index is 842. The molecule has 1 amide bonds. The Balaban J connectivity index is 1.58. The summed E-state index contributed by atoms with van der Waals surface area (Å²) in [6, 6.07) is 17.4. The molecule has 2 aliphatic rings. The zero-order valence-electron chi connectivity index (χ0n) is 17.3. The first-order valence-electron chi connectivity index (χ1n) is 10.9. The molecule has 0 bridgehead atoms. The predicted molar refractivity (Wildman–Crippen MR) is 118 cm³/mol. The molecule has 1 saturated carbocycles. The molecule has 1 heterocycles. The molecule has 4 rings (SSSR count). The van der Waals surface area contributed by atoms with Crippen LogP contribution in [0.5, 0.6) is 0 Å². The number of halogens is 1. The van der Waals surface area contributed by atoms with Crippen LogP contribution in [0.4, 0.5) is 0 Å². The van der Waals surface area contributed by atoms with E-state index in [1.807, 2.05) is 54.6 Å². The summed E-state index contributed by atoms with van der Waals surface area (Å²) < 4.78 is 5.51. The zero-order valence-corrected chi connectivity index (χ0v) is 18.0. The highest BCUT2D eigenvalue weighted by molar-refractivity contribution is 6.30. The van der Waals surface area contributed by atoms with E-state index in [0.717, 1.165) is 49.7 Å². The van der Waals surface area contributed by atoms with E-state index >= 15 is 0 Å². The second kappa shape index (κ2) is 9.09. The van der Waals surface area contributed by atoms with Crippen molar-refractivity contribution in [2.24, 2.45) is 5.92 Å². The van der Waals surface area contributed by atoms with Crippen molar-refractivity contribution in [2.45, 2.75) is 49.5 Å². The molecule has 4 nitrogen and oxygen atoms in total. The Morgan fingerprint density at radius 2 is 1.70 bits per heavy atom. The lowest BCUT2D eigenvalue weighted by molar-refractivity contribution is -0.129. The van der Waals surface area contributed by atoms with Crippen LogP contribution in [0.1, 0.15) is 49.7 Å². The molecule has 1 atom stereocenters. The van der Waals surface area contributed by atoms with Gasteiger partial charge in [0.2, 0.25) is 5.91 Å². The normalized spacial score (nSPS) is 21.1. The minimum absolute atomic E-state index is 0.00346. The highest BCUT2D eigenvalue weighted by Crippen LogP contribution is 2.42. The number of hydrogen-bond donors (Lipinski definition) is 2. The van der Waals surface area contributed by atoms with Crippen LogP contribution in [-0.4, -0.2) is 30.8 Å². The third-order valence-corrected chi connectivity index (χ3v) is 7.23. The van der Waals surface area contributed by atoms with Gasteiger partial charge in [0.15, 0.2) is 0 Å². The van der Waals surface area contributed by atoms with Crippen LogP contribution in [0.2, 0.25) is 5.02 Å². The van der Waals surface area contributed by atoms with Gasteiger partial charge in [0.1, 0.15) is 5.60 Å². The number of rotatable bonds is 6. The van der Waals surface area contributed by atoms with Crippen LogP contribution in [-0.2, 0) is 20.5 Å². The molecule has 30 heavy (non-hydrogen) atoms. The molecule has 2 aromatic rings. The van der Waals surface area contributed by atoms with Gasteiger partial charge in [-0.15, -0.1) is 0 Å². The largest absolute Gasteiger partial charge is 0.383 e. The topological polar surface area (TPSA) is 58.6 Å². The summed E-state index contributed by atoms with van der Waals surface area (Å²) in [5, 5.41) is 15.6. The smallest absolute Gasteiger partial charge is 0.230 e. The van der Waals surface area contributed by atoms with Crippen molar-refractivity contribution in [3.8, 4) is 0 Å². The summed E-state index contributed by atoms with van der Waals surface area (Å²) in [4.78, 5) is 13.5. The highest BCUT2D eigenvalue weighted by Gasteiger charge is 2.45. The Morgan fingerprint density at radius 1 is 1.07 bits per heavy atom. The fourth-order valence-electron chi connectivity index (χ4n) is 5.16. The standard InChI is InChI=1S/C25H30ClNO3/c26-22-10-8-19(9-11-22)24(14-4-5-15-24)23(28)27-18-25(29,20-6-2-1-3-7-20)21-12-16-30-17-13-21/h1-3,6-11,21,29H,4-5,12-18H2,(H,27,28)/t25-/m0/s1. The summed E-state index contributed by atoms with van der Waals surface area (Å²) in [5.41, 5.74) is 0.207. The number of hydrogen-bond acceptors (Lipinski definition) is 3. The molecule has 5 heteroatoms. The van der Waals surface area contributed by atoms with Gasteiger partial charge in [0, 0.05) is 18.2 Å². The first-order valence-corrected chi connectivity index (χ1v) is 11.3. The van der Waals surface area contributed by atoms with Gasteiger partial charge in [-0.25, -0.2) is 0 Å². The number of ether oxygens (including phenoxy) is 1. The molecule has 1 aliphatic carbocycles. The molecule has 160 valence electrons. The molecule has 0 spiro atoms. The van der Waals surface area contributed by atoms with Gasteiger partial charge in [-0.3, -0.25) is 4.79 Å². The lowest BCUT2D eigenvalue weighted by Gasteiger charge is -2.40. The van der Waals surface area contributed by atoms with Crippen molar-refractivity contribution in [2.75, 3.05) is 19.8 Å². The third kappa shape index (κ3) is 4.14. The van der Waals surface area contributed by atoms with Crippen LogP contribution < -0.4 is 5.32 Å². The van der Waals surface area contributed by atoms with Crippen molar-refractivity contribution >= 4 is 17.5 Å². The zero-order chi connectivity index (χ0) is 21.0. The first-order chi connectivity index (χ1) is 14.5. The van der Waals surface area contributed by atoms with E-state index < -0.39 is 11.0 Å². The minimum atomic E-state index is -1.11. The molecule has 0 aromatic heterocycles. The SMILES string of the molecule is O=C(NC[C@](O)(c1ccccc1)C1CCOCC1)C1(c2ccc(Cl)cc2)CCCC1. The Kier molecular flexibility index (Phi) is 6.47. The molecular weight excluding hydrogens is 398 g/mol. The maximum atomic E-state index is 13.5. The van der Waals surface area contributed by atoms with E-state index in [4.69, 9.17) is 16.3 Å². The van der Waals surface area contributed by atoms with Gasteiger partial charge in [0.25, 0.3) is 0 Å². The van der Waals surface area contributed by atoms with Gasteiger partial charge in [-0.1, -0.05) is 66.9 Å². The van der Waals surface area contributed by atoms with Crippen molar-refractivity contribution in [3.05, 3.63) is 70.7 Å². The van der Waals surface area contributed by atoms with E-state index in [2.05, 4.69) is 5.32 Å². The van der Waals surface area contributed by atoms with Crippen LogP contribution in [0, 0.1) is 5.92 Å². The van der Waals surface area contributed by atoms with Crippen molar-refractivity contribution in [3.63, 3.8) is 0 Å². The first kappa shape index (κ1) is 21.4. The summed E-state index contributed by atoms with van der Waals surface area (Å²) in [6.45, 7) is 1.49. The van der Waals surface area contributed by atoms with Crippen molar-refractivity contribution in [1.29, 1.82) is 0 Å². The average molecular weight is 428 g/mol. The molecule has 2 fully saturated rings. The fourth-order valence-corrected chi connectivity index (χ4v) is 5.29. The highest BCUT2D eigenvalue weighted by atomic mass is 35.5. The van der Waals surface area contributed by atoms with Crippen LogP contribution >= 0.6 is 11.6 Å². The summed E-state index contributed by atoms with van der Waals surface area (Å²) in [6.07, 6.45) is 5.26. The van der Waals surface area contributed by atoms with Gasteiger partial charge in [0.05, 0.1) is 12.0 Å². The molecule has 0 unspecified atom stereocenters. The maximum absolute atomic E-state index is 13.5. The lowest BCUT2D eigenvalue weighted by Crippen LogP contribution is -2.51. The second-order valence-electron chi connectivity index (χ2n) is 8.66. The Labute approximate surface area is 183 Å². The van der Waals surface area contributed by atoms with E-state index in [0.29, 0.717) is 18.2 Å². The second-order valence-corrected chi connectivity index (χ2v) is 9.09. The van der Waals surface area contributed by atoms with Crippen molar-refractivity contribution < 1.29 is 14.6 Å². The quantitative estimate of drug-likeness (QED) is 0.709. The minimum Gasteiger partial charge on any atom is -0.383 e. The number of amides is 1. The predicted octanol–water partition coefficient (Wildman–Crippen LogP) is 4.58. The summed E-state index contributed by atoms with van der Waals surface area (Å²) >= 11 is 6.07. The van der Waals surface area contributed by atoms with Crippen LogP contribution in [0.15, 0.2) is 54.6 Å². The fraction of sp³-hybridized carbons (Fsp3) is 0.480. The van der Waals surface area contributed by atoms with Gasteiger partial charge in [-0.05, 0) is 54.9 Å². The van der Waals surface area contributed by atoms with Gasteiger partial charge >= 0.3 is 0 Å². The van der Waals surface area contributed by atoms with E-state index in [9.17, 15) is 9.90 Å². The number of benzene rings is 2. The lowest BCUT2D eigenvalue weighted by atomic mass is 9.75. The maximum Gasteiger partial charge on any atom is 0.230 e. The Hall–Kier alpha value is -1.88. The number of aliphatic hydroxyl groups is 1. The monoisotopic (exact) mass is 427 g/mol. The van der Waals surface area contributed by atoms with Gasteiger partial charge in [-0.2, -0.15) is 0 Å². The van der Waals surface area contributed by atoms with E-state index in [-0.39, 0.29) is 18.4 Å². The van der Waals surface area contributed by atoms with E-state index in [1.165, 1.54) is 0 Å². The number of carbonyl (C=O) groups excluding carboxylic acids is 1. The third-order valence-electron chi connectivity index (χ3n) is 6.98. The number of nitrogens with one attached hydrogen (secondary N) is 1. The summed E-state index contributed by atoms with van der Waals surface area (Å²) in [7, 11) is 0. The van der Waals surface area contributed by atoms with Crippen LogP contribution in [0.3, 0.4) is 0 Å².